The van der Waals surface area contributed by atoms with Crippen molar-refractivity contribution in [3.63, 3.8) is 0 Å². The highest BCUT2D eigenvalue weighted by atomic mass is 32.2. The molecule has 3 rings (SSSR count). The Morgan fingerprint density at radius 2 is 1.83 bits per heavy atom. The lowest BCUT2D eigenvalue weighted by Crippen LogP contribution is -2.54. The highest BCUT2D eigenvalue weighted by Crippen LogP contribution is 2.35. The molecule has 1 saturated heterocycles. The van der Waals surface area contributed by atoms with Crippen molar-refractivity contribution in [2.24, 2.45) is 0 Å². The van der Waals surface area contributed by atoms with Crippen LogP contribution in [-0.4, -0.2) is 52.3 Å². The van der Waals surface area contributed by atoms with Gasteiger partial charge < -0.3 is 24.8 Å². The second-order valence-electron chi connectivity index (χ2n) is 5.86. The van der Waals surface area contributed by atoms with Crippen molar-refractivity contribution in [2.75, 3.05) is 12.4 Å². The van der Waals surface area contributed by atoms with E-state index in [-0.39, 0.29) is 6.61 Å². The van der Waals surface area contributed by atoms with Gasteiger partial charge >= 0.3 is 0 Å². The van der Waals surface area contributed by atoms with Crippen LogP contribution >= 0.6 is 11.8 Å². The number of rotatable bonds is 5. The van der Waals surface area contributed by atoms with Gasteiger partial charge in [-0.05, 0) is 35.1 Å². The molecule has 0 spiro atoms. The third kappa shape index (κ3) is 3.68. The van der Waals surface area contributed by atoms with Gasteiger partial charge in [0.2, 0.25) is 6.29 Å². The molecule has 130 valence electrons. The topological polar surface area (TPSA) is 79.2 Å². The van der Waals surface area contributed by atoms with Gasteiger partial charge in [-0.1, -0.05) is 31.2 Å². The van der Waals surface area contributed by atoms with E-state index in [9.17, 15) is 15.3 Å². The van der Waals surface area contributed by atoms with E-state index in [4.69, 9.17) is 9.47 Å². The number of hydrogen-bond acceptors (Lipinski definition) is 6. The summed E-state index contributed by atoms with van der Waals surface area (Å²) in [5, 5.41) is 31.6. The van der Waals surface area contributed by atoms with Gasteiger partial charge in [-0.25, -0.2) is 0 Å². The number of benzene rings is 2. The fourth-order valence-corrected chi connectivity index (χ4v) is 3.51. The lowest BCUT2D eigenvalue weighted by Gasteiger charge is -2.35. The number of aliphatic hydroxyl groups is 3. The Bertz CT molecular complexity index is 692. The molecule has 0 unspecified atom stereocenters. The van der Waals surface area contributed by atoms with Crippen LogP contribution in [0.4, 0.5) is 0 Å². The van der Waals surface area contributed by atoms with E-state index in [0.29, 0.717) is 5.75 Å². The molecule has 0 radical (unpaired) electrons. The largest absolute Gasteiger partial charge is 0.461 e. The molecule has 5 nitrogen and oxygen atoms in total. The Hall–Kier alpha value is -1.31. The number of ether oxygens (including phenoxy) is 2. The summed E-state index contributed by atoms with van der Waals surface area (Å²) in [7, 11) is 0. The van der Waals surface area contributed by atoms with Crippen molar-refractivity contribution in [1.29, 1.82) is 0 Å². The fraction of sp³-hybridized carbons (Fsp3) is 0.444. The van der Waals surface area contributed by atoms with Crippen molar-refractivity contribution in [2.45, 2.75) is 42.8 Å². The summed E-state index contributed by atoms with van der Waals surface area (Å²) in [6, 6.07) is 12.0. The van der Waals surface area contributed by atoms with Crippen LogP contribution in [0.2, 0.25) is 0 Å². The number of aliphatic hydroxyl groups excluding tert-OH is 3. The molecular weight excluding hydrogens is 328 g/mol. The average molecular weight is 350 g/mol. The fourth-order valence-electron chi connectivity index (χ4n) is 2.62. The van der Waals surface area contributed by atoms with Crippen LogP contribution in [0.15, 0.2) is 41.3 Å². The quantitative estimate of drug-likeness (QED) is 0.717. The minimum absolute atomic E-state index is 0.0755. The summed E-state index contributed by atoms with van der Waals surface area (Å²) in [5.41, 5.74) is 0. The molecule has 0 aromatic heterocycles. The third-order valence-electron chi connectivity index (χ3n) is 3.97. The SMILES string of the molecule is CCCSc1cc2ccccc2cc1O[C@@H]1OC[C@@H](O)[C@H](O)[C@H]1O. The summed E-state index contributed by atoms with van der Waals surface area (Å²) < 4.78 is 11.2. The molecule has 1 fully saturated rings. The van der Waals surface area contributed by atoms with E-state index in [1.165, 1.54) is 0 Å². The highest BCUT2D eigenvalue weighted by molar-refractivity contribution is 7.99. The van der Waals surface area contributed by atoms with Crippen molar-refractivity contribution < 1.29 is 24.8 Å². The van der Waals surface area contributed by atoms with E-state index in [2.05, 4.69) is 13.0 Å². The maximum atomic E-state index is 10.1. The molecule has 24 heavy (non-hydrogen) atoms. The Morgan fingerprint density at radius 3 is 2.54 bits per heavy atom. The first kappa shape index (κ1) is 17.5. The average Bonchev–Trinajstić information content (AvgIpc) is 2.60. The zero-order valence-electron chi connectivity index (χ0n) is 13.5. The summed E-state index contributed by atoms with van der Waals surface area (Å²) in [6.07, 6.45) is -3.67. The number of fused-ring (bicyclic) bond motifs is 1. The number of thioether (sulfide) groups is 1. The van der Waals surface area contributed by atoms with Gasteiger partial charge in [0, 0.05) is 0 Å². The van der Waals surface area contributed by atoms with Crippen molar-refractivity contribution in [3.05, 3.63) is 36.4 Å². The first-order valence-corrected chi connectivity index (χ1v) is 9.06. The lowest BCUT2D eigenvalue weighted by atomic mass is 10.1. The smallest absolute Gasteiger partial charge is 0.228 e. The molecule has 0 aliphatic carbocycles. The van der Waals surface area contributed by atoms with Crippen molar-refractivity contribution >= 4 is 22.5 Å². The predicted octanol–water partition coefficient (Wildman–Crippen LogP) is 2.16. The maximum Gasteiger partial charge on any atom is 0.228 e. The van der Waals surface area contributed by atoms with Gasteiger partial charge in [0.05, 0.1) is 11.5 Å². The zero-order chi connectivity index (χ0) is 17.1. The van der Waals surface area contributed by atoms with Crippen LogP contribution in [0.3, 0.4) is 0 Å². The van der Waals surface area contributed by atoms with E-state index in [1.54, 1.807) is 11.8 Å². The van der Waals surface area contributed by atoms with Crippen LogP contribution in [0, 0.1) is 0 Å². The van der Waals surface area contributed by atoms with Gasteiger partial charge in [0.15, 0.2) is 0 Å². The van der Waals surface area contributed by atoms with E-state index in [0.717, 1.165) is 27.8 Å². The molecule has 2 aromatic rings. The van der Waals surface area contributed by atoms with E-state index >= 15 is 0 Å². The molecular formula is C18H22O5S. The van der Waals surface area contributed by atoms with Gasteiger partial charge in [-0.15, -0.1) is 11.8 Å². The summed E-state index contributed by atoms with van der Waals surface area (Å²) in [4.78, 5) is 0.965. The zero-order valence-corrected chi connectivity index (χ0v) is 14.3. The summed E-state index contributed by atoms with van der Waals surface area (Å²) in [5.74, 6) is 1.56. The van der Waals surface area contributed by atoms with Gasteiger partial charge in [0.25, 0.3) is 0 Å². The van der Waals surface area contributed by atoms with Crippen LogP contribution < -0.4 is 4.74 Å². The van der Waals surface area contributed by atoms with E-state index < -0.39 is 24.6 Å². The number of hydrogen-bond donors (Lipinski definition) is 3. The van der Waals surface area contributed by atoms with Gasteiger partial charge in [-0.3, -0.25) is 0 Å². The minimum atomic E-state index is -1.30. The Balaban J connectivity index is 1.89. The van der Waals surface area contributed by atoms with Crippen LogP contribution in [0.1, 0.15) is 13.3 Å². The second-order valence-corrected chi connectivity index (χ2v) is 7.00. The molecule has 0 saturated carbocycles. The second kappa shape index (κ2) is 7.72. The molecule has 0 amide bonds. The summed E-state index contributed by atoms with van der Waals surface area (Å²) in [6.45, 7) is 2.04. The molecule has 1 aliphatic heterocycles. The van der Waals surface area contributed by atoms with E-state index in [1.807, 2.05) is 30.3 Å². The lowest BCUT2D eigenvalue weighted by molar-refractivity contribution is -0.242. The first-order valence-electron chi connectivity index (χ1n) is 8.08. The molecule has 1 aliphatic rings. The highest BCUT2D eigenvalue weighted by Gasteiger charge is 2.39. The summed E-state index contributed by atoms with van der Waals surface area (Å²) >= 11 is 1.68. The Labute approximate surface area is 145 Å². The molecule has 1 heterocycles. The van der Waals surface area contributed by atoms with Crippen LogP contribution in [0.5, 0.6) is 5.75 Å². The minimum Gasteiger partial charge on any atom is -0.461 e. The Kier molecular flexibility index (Phi) is 5.63. The molecule has 3 N–H and O–H groups in total. The van der Waals surface area contributed by atoms with Crippen molar-refractivity contribution in [3.8, 4) is 5.75 Å². The molecule has 2 aromatic carbocycles. The normalized spacial score (nSPS) is 27.3. The van der Waals surface area contributed by atoms with Gasteiger partial charge in [0.1, 0.15) is 24.1 Å². The van der Waals surface area contributed by atoms with Gasteiger partial charge in [-0.2, -0.15) is 0 Å². The molecule has 0 bridgehead atoms. The maximum absolute atomic E-state index is 10.1. The molecule has 4 atom stereocenters. The van der Waals surface area contributed by atoms with Crippen LogP contribution in [-0.2, 0) is 4.74 Å². The predicted molar refractivity (Wildman–Crippen MR) is 93.4 cm³/mol. The first-order chi connectivity index (χ1) is 11.6. The standard InChI is InChI=1S/C18H22O5S/c1-2-7-24-15-9-12-6-4-3-5-11(12)8-14(15)23-18-17(21)16(20)13(19)10-22-18/h3-6,8-9,13,16-21H,2,7,10H2,1H3/t13-,16+,17-,18+/m1/s1. The van der Waals surface area contributed by atoms with Crippen LogP contribution in [0.25, 0.3) is 10.8 Å². The third-order valence-corrected chi connectivity index (χ3v) is 5.21. The molecule has 6 heteroatoms. The van der Waals surface area contributed by atoms with Crippen molar-refractivity contribution in [1.82, 2.24) is 0 Å². The monoisotopic (exact) mass is 350 g/mol. The Morgan fingerprint density at radius 1 is 1.12 bits per heavy atom.